The molecule has 0 radical (unpaired) electrons. The van der Waals surface area contributed by atoms with Gasteiger partial charge >= 0.3 is 0 Å². The van der Waals surface area contributed by atoms with E-state index in [0.29, 0.717) is 5.56 Å². The third-order valence-electron chi connectivity index (χ3n) is 1.65. The normalized spacial score (nSPS) is 10.0. The van der Waals surface area contributed by atoms with Gasteiger partial charge in [0.1, 0.15) is 4.83 Å². The molecule has 0 spiro atoms. The van der Waals surface area contributed by atoms with Gasteiger partial charge in [-0.05, 0) is 6.92 Å². The second-order valence-corrected chi connectivity index (χ2v) is 3.62. The summed E-state index contributed by atoms with van der Waals surface area (Å²) >= 11 is 3.05. The van der Waals surface area contributed by atoms with Gasteiger partial charge < -0.3 is 0 Å². The molecule has 1 aromatic carbocycles. The minimum atomic E-state index is -0.713. The second kappa shape index (κ2) is 11.5. The lowest BCUT2D eigenvalue weighted by molar-refractivity contribution is -0.115. The Kier molecular flexibility index (Phi) is 12.5. The molecule has 1 rings (SSSR count). The van der Waals surface area contributed by atoms with Crippen LogP contribution >= 0.6 is 15.9 Å². The van der Waals surface area contributed by atoms with Crippen LogP contribution < -0.4 is 0 Å². The Morgan fingerprint density at radius 1 is 1.00 bits per heavy atom. The topological polar surface area (TPSA) is 34.1 Å². The lowest BCUT2D eigenvalue weighted by Gasteiger charge is -2.03. The number of hydrogen-bond donors (Lipinski definition) is 0. The molecule has 0 bridgehead atoms. The van der Waals surface area contributed by atoms with Gasteiger partial charge in [-0.1, -0.05) is 74.0 Å². The van der Waals surface area contributed by atoms with Crippen molar-refractivity contribution >= 4 is 27.5 Å². The Bertz CT molecular complexity index is 320. The quantitative estimate of drug-likeness (QED) is 0.474. The fourth-order valence-electron chi connectivity index (χ4n) is 0.933. The molecule has 0 aliphatic carbocycles. The van der Waals surface area contributed by atoms with Crippen LogP contribution in [0.2, 0.25) is 0 Å². The number of rotatable bonds is 3. The summed E-state index contributed by atoms with van der Waals surface area (Å²) in [6.45, 7) is 9.39. The Labute approximate surface area is 113 Å². The molecule has 0 amide bonds. The zero-order chi connectivity index (χ0) is 13.8. The smallest absolute Gasteiger partial charge is 0.183 e. The number of benzene rings is 1. The van der Waals surface area contributed by atoms with Gasteiger partial charge in [0.2, 0.25) is 0 Å². The van der Waals surface area contributed by atoms with Crippen LogP contribution in [0.1, 0.15) is 45.0 Å². The van der Waals surface area contributed by atoms with Crippen molar-refractivity contribution in [1.29, 1.82) is 0 Å². The van der Waals surface area contributed by atoms with E-state index >= 15 is 0 Å². The highest BCUT2D eigenvalue weighted by Crippen LogP contribution is 2.10. The molecule has 0 saturated carbocycles. The molecule has 0 aliphatic rings. The Morgan fingerprint density at radius 3 is 1.76 bits per heavy atom. The first-order valence-electron chi connectivity index (χ1n) is 5.86. The monoisotopic (exact) mass is 300 g/mol. The molecule has 0 aromatic heterocycles. The third-order valence-corrected chi connectivity index (χ3v) is 2.71. The summed E-state index contributed by atoms with van der Waals surface area (Å²) in [6, 6.07) is 8.76. The number of alkyl halides is 1. The van der Waals surface area contributed by atoms with E-state index < -0.39 is 4.83 Å². The van der Waals surface area contributed by atoms with Crippen LogP contribution in [-0.4, -0.2) is 16.4 Å². The van der Waals surface area contributed by atoms with E-state index in [0.717, 1.165) is 0 Å². The van der Waals surface area contributed by atoms with Crippen LogP contribution in [0.3, 0.4) is 0 Å². The first kappa shape index (κ1) is 18.4. The highest BCUT2D eigenvalue weighted by Gasteiger charge is 2.20. The molecule has 0 heterocycles. The number of carbonyl (C=O) groups is 2. The number of Topliss-reactive ketones (excluding diaryl/α,β-unsaturated/α-hetero) is 2. The first-order valence-corrected chi connectivity index (χ1v) is 6.78. The maximum atomic E-state index is 11.5. The van der Waals surface area contributed by atoms with E-state index in [4.69, 9.17) is 0 Å². The van der Waals surface area contributed by atoms with E-state index in [9.17, 15) is 9.59 Å². The van der Waals surface area contributed by atoms with Gasteiger partial charge in [-0.3, -0.25) is 9.59 Å². The highest BCUT2D eigenvalue weighted by molar-refractivity contribution is 9.10. The van der Waals surface area contributed by atoms with E-state index in [2.05, 4.69) is 15.9 Å². The molecule has 1 aromatic rings. The fraction of sp³-hybridized carbons (Fsp3) is 0.429. The summed E-state index contributed by atoms with van der Waals surface area (Å²) in [7, 11) is 0. The Morgan fingerprint density at radius 2 is 1.41 bits per heavy atom. The van der Waals surface area contributed by atoms with Crippen molar-refractivity contribution in [2.45, 2.75) is 39.4 Å². The second-order valence-electron chi connectivity index (χ2n) is 2.70. The van der Waals surface area contributed by atoms with Crippen molar-refractivity contribution in [1.82, 2.24) is 0 Å². The van der Waals surface area contributed by atoms with Gasteiger partial charge in [0, 0.05) is 5.56 Å². The predicted octanol–water partition coefficient (Wildman–Crippen LogP) is 4.27. The number of halogens is 1. The van der Waals surface area contributed by atoms with E-state index in [1.165, 1.54) is 6.92 Å². The largest absolute Gasteiger partial charge is 0.298 e. The average molecular weight is 301 g/mol. The molecular weight excluding hydrogens is 280 g/mol. The van der Waals surface area contributed by atoms with Crippen LogP contribution in [0.25, 0.3) is 0 Å². The van der Waals surface area contributed by atoms with Gasteiger partial charge in [-0.15, -0.1) is 0 Å². The maximum absolute atomic E-state index is 11.5. The standard InChI is InChI=1S/C10H9BrO2.2C2H6/c1-7(12)9(11)10(13)8-5-3-2-4-6-8;2*1-2/h2-6,9H,1H3;2*1-2H3. The van der Waals surface area contributed by atoms with Crippen molar-refractivity contribution in [2.75, 3.05) is 0 Å². The van der Waals surface area contributed by atoms with Crippen molar-refractivity contribution in [3.8, 4) is 0 Å². The molecule has 0 fully saturated rings. The summed E-state index contributed by atoms with van der Waals surface area (Å²) < 4.78 is 0. The third kappa shape index (κ3) is 7.05. The average Bonchev–Trinajstić information content (AvgIpc) is 2.42. The molecule has 0 saturated heterocycles. The molecular formula is C14H21BrO2. The van der Waals surface area contributed by atoms with E-state index in [-0.39, 0.29) is 11.6 Å². The zero-order valence-corrected chi connectivity index (χ0v) is 12.7. The first-order chi connectivity index (χ1) is 8.13. The van der Waals surface area contributed by atoms with Gasteiger partial charge in [-0.25, -0.2) is 0 Å². The van der Waals surface area contributed by atoms with Gasteiger partial charge in [0.05, 0.1) is 0 Å². The summed E-state index contributed by atoms with van der Waals surface area (Å²) in [6.07, 6.45) is 0. The Hall–Kier alpha value is -0.960. The lowest BCUT2D eigenvalue weighted by atomic mass is 10.1. The van der Waals surface area contributed by atoms with Crippen molar-refractivity contribution in [2.24, 2.45) is 0 Å². The minimum Gasteiger partial charge on any atom is -0.298 e. The van der Waals surface area contributed by atoms with Gasteiger partial charge in [0.25, 0.3) is 0 Å². The lowest BCUT2D eigenvalue weighted by Crippen LogP contribution is -2.21. The fourth-order valence-corrected chi connectivity index (χ4v) is 1.20. The molecule has 1 atom stereocenters. The van der Waals surface area contributed by atoms with Crippen LogP contribution in [-0.2, 0) is 4.79 Å². The summed E-state index contributed by atoms with van der Waals surface area (Å²) in [5.41, 5.74) is 0.555. The summed E-state index contributed by atoms with van der Waals surface area (Å²) in [4.78, 5) is 21.7. The van der Waals surface area contributed by atoms with Crippen LogP contribution in [0.4, 0.5) is 0 Å². The molecule has 1 unspecified atom stereocenters. The summed E-state index contributed by atoms with van der Waals surface area (Å²) in [5, 5.41) is 0. The zero-order valence-electron chi connectivity index (χ0n) is 11.2. The van der Waals surface area contributed by atoms with Crippen molar-refractivity contribution in [3.05, 3.63) is 35.9 Å². The van der Waals surface area contributed by atoms with Crippen LogP contribution in [0.5, 0.6) is 0 Å². The van der Waals surface area contributed by atoms with Crippen LogP contribution in [0.15, 0.2) is 30.3 Å². The molecule has 0 aliphatic heterocycles. The van der Waals surface area contributed by atoms with Gasteiger partial charge in [0.15, 0.2) is 11.6 Å². The van der Waals surface area contributed by atoms with Gasteiger partial charge in [-0.2, -0.15) is 0 Å². The highest BCUT2D eigenvalue weighted by atomic mass is 79.9. The molecule has 17 heavy (non-hydrogen) atoms. The van der Waals surface area contributed by atoms with E-state index in [1.807, 2.05) is 33.8 Å². The van der Waals surface area contributed by atoms with Crippen molar-refractivity contribution < 1.29 is 9.59 Å². The summed E-state index contributed by atoms with van der Waals surface area (Å²) in [5.74, 6) is -0.359. The molecule has 0 N–H and O–H groups in total. The molecule has 2 nitrogen and oxygen atoms in total. The SMILES string of the molecule is CC.CC.CC(=O)C(Br)C(=O)c1ccccc1. The molecule has 3 heteroatoms. The molecule has 96 valence electrons. The van der Waals surface area contributed by atoms with Crippen molar-refractivity contribution in [3.63, 3.8) is 0 Å². The number of carbonyl (C=O) groups excluding carboxylic acids is 2. The minimum absolute atomic E-state index is 0.172. The maximum Gasteiger partial charge on any atom is 0.183 e. The van der Waals surface area contributed by atoms with E-state index in [1.54, 1.807) is 24.3 Å². The Balaban J connectivity index is 0. The number of ketones is 2. The number of hydrogen-bond acceptors (Lipinski definition) is 2. The predicted molar refractivity (Wildman–Crippen MR) is 76.9 cm³/mol. The van der Waals surface area contributed by atoms with Crippen LogP contribution in [0, 0.1) is 0 Å².